The number of esters is 1. The molecule has 4 heteroatoms. The lowest BCUT2D eigenvalue weighted by atomic mass is 9.63. The molecule has 0 bridgehead atoms. The summed E-state index contributed by atoms with van der Waals surface area (Å²) >= 11 is 0. The van der Waals surface area contributed by atoms with Crippen molar-refractivity contribution in [1.29, 1.82) is 0 Å². The SMILES string of the molecule is CCCCCCC[C@H]1CC[C@@H]2CC(c3ccc(C(=O)Oc4ccc(OC)cc4)cc3F)CC[C@H]2C1. The molecule has 0 spiro atoms. The van der Waals surface area contributed by atoms with E-state index >= 15 is 4.39 Å². The quantitative estimate of drug-likeness (QED) is 0.194. The van der Waals surface area contributed by atoms with E-state index in [1.165, 1.54) is 70.3 Å². The molecule has 2 fully saturated rings. The maximum absolute atomic E-state index is 15.1. The van der Waals surface area contributed by atoms with Gasteiger partial charge in [-0.05, 0) is 97.7 Å². The Morgan fingerprint density at radius 1 is 0.886 bits per heavy atom. The molecule has 2 aliphatic rings. The van der Waals surface area contributed by atoms with Crippen LogP contribution in [0.4, 0.5) is 4.39 Å². The van der Waals surface area contributed by atoms with Crippen LogP contribution in [0.3, 0.4) is 0 Å². The van der Waals surface area contributed by atoms with Crippen LogP contribution in [0.25, 0.3) is 0 Å². The Morgan fingerprint density at radius 2 is 1.60 bits per heavy atom. The molecule has 2 saturated carbocycles. The third kappa shape index (κ3) is 6.86. The number of carbonyl (C=O) groups excluding carboxylic acids is 1. The molecule has 190 valence electrons. The van der Waals surface area contributed by atoms with Crippen molar-refractivity contribution < 1.29 is 18.7 Å². The molecular formula is C31H41FO3. The largest absolute Gasteiger partial charge is 0.497 e. The van der Waals surface area contributed by atoms with Crippen molar-refractivity contribution in [2.45, 2.75) is 89.9 Å². The van der Waals surface area contributed by atoms with E-state index in [0.717, 1.165) is 36.2 Å². The van der Waals surface area contributed by atoms with Crippen molar-refractivity contribution in [3.05, 3.63) is 59.4 Å². The summed E-state index contributed by atoms with van der Waals surface area (Å²) in [5.74, 6) is 2.99. The lowest BCUT2D eigenvalue weighted by Gasteiger charge is -2.42. The minimum absolute atomic E-state index is 0.246. The molecule has 4 rings (SSSR count). The monoisotopic (exact) mass is 480 g/mol. The summed E-state index contributed by atoms with van der Waals surface area (Å²) in [5, 5.41) is 0. The lowest BCUT2D eigenvalue weighted by molar-refractivity contribution is 0.0734. The van der Waals surface area contributed by atoms with Gasteiger partial charge >= 0.3 is 5.97 Å². The normalized spacial score (nSPS) is 24.0. The van der Waals surface area contributed by atoms with E-state index < -0.39 is 5.97 Å². The second-order valence-corrected chi connectivity index (χ2v) is 10.7. The van der Waals surface area contributed by atoms with Crippen LogP contribution in [-0.4, -0.2) is 13.1 Å². The van der Waals surface area contributed by atoms with Gasteiger partial charge < -0.3 is 9.47 Å². The first kappa shape index (κ1) is 25.7. The Bertz CT molecular complexity index is 954. The van der Waals surface area contributed by atoms with Crippen molar-refractivity contribution in [2.24, 2.45) is 17.8 Å². The Labute approximate surface area is 210 Å². The van der Waals surface area contributed by atoms with Crippen molar-refractivity contribution in [3.8, 4) is 11.5 Å². The molecule has 4 atom stereocenters. The maximum atomic E-state index is 15.1. The summed E-state index contributed by atoms with van der Waals surface area (Å²) in [6.45, 7) is 2.27. The lowest BCUT2D eigenvalue weighted by Crippen LogP contribution is -2.30. The molecule has 0 amide bonds. The number of rotatable bonds is 10. The van der Waals surface area contributed by atoms with E-state index in [2.05, 4.69) is 6.92 Å². The summed E-state index contributed by atoms with van der Waals surface area (Å²) in [6.07, 6.45) is 15.6. The molecule has 2 aromatic rings. The van der Waals surface area contributed by atoms with Gasteiger partial charge in [-0.1, -0.05) is 57.9 Å². The van der Waals surface area contributed by atoms with Gasteiger partial charge in [0.05, 0.1) is 12.7 Å². The van der Waals surface area contributed by atoms with Crippen LogP contribution in [0.5, 0.6) is 11.5 Å². The number of fused-ring (bicyclic) bond motifs is 1. The minimum atomic E-state index is -0.544. The molecule has 0 N–H and O–H groups in total. The van der Waals surface area contributed by atoms with E-state index in [1.807, 2.05) is 6.07 Å². The second-order valence-electron chi connectivity index (χ2n) is 10.7. The standard InChI is InChI=1S/C31H41FO3/c1-3-4-5-6-7-8-22-9-10-24-20-25(12-11-23(24)19-22)29-18-13-26(21-30(29)32)31(33)35-28-16-14-27(34-2)15-17-28/h13-18,21-25H,3-12,19-20H2,1-2H3/t22-,23-,24+,25?/m0/s1. The highest BCUT2D eigenvalue weighted by Gasteiger charge is 2.36. The highest BCUT2D eigenvalue weighted by molar-refractivity contribution is 5.91. The number of hydrogen-bond acceptors (Lipinski definition) is 3. The third-order valence-electron chi connectivity index (χ3n) is 8.38. The Morgan fingerprint density at radius 3 is 2.34 bits per heavy atom. The molecule has 0 saturated heterocycles. The number of ether oxygens (including phenoxy) is 2. The summed E-state index contributed by atoms with van der Waals surface area (Å²) in [6, 6.07) is 11.7. The number of methoxy groups -OCH3 is 1. The van der Waals surface area contributed by atoms with E-state index in [1.54, 1.807) is 37.4 Å². The fourth-order valence-corrected chi connectivity index (χ4v) is 6.36. The Balaban J connectivity index is 1.29. The van der Waals surface area contributed by atoms with Crippen LogP contribution in [0.15, 0.2) is 42.5 Å². The second kappa shape index (κ2) is 12.6. The van der Waals surface area contributed by atoms with Gasteiger partial charge in [-0.3, -0.25) is 0 Å². The first-order valence-corrected chi connectivity index (χ1v) is 13.7. The first-order chi connectivity index (χ1) is 17.1. The molecule has 3 nitrogen and oxygen atoms in total. The molecule has 0 radical (unpaired) electrons. The summed E-state index contributed by atoms with van der Waals surface area (Å²) in [7, 11) is 1.58. The van der Waals surface area contributed by atoms with Crippen molar-refractivity contribution in [2.75, 3.05) is 7.11 Å². The molecule has 0 aromatic heterocycles. The zero-order valence-electron chi connectivity index (χ0n) is 21.4. The highest BCUT2D eigenvalue weighted by Crippen LogP contribution is 2.48. The number of carbonyl (C=O) groups is 1. The van der Waals surface area contributed by atoms with Gasteiger partial charge in [0.25, 0.3) is 0 Å². The van der Waals surface area contributed by atoms with E-state index in [-0.39, 0.29) is 17.3 Å². The van der Waals surface area contributed by atoms with Gasteiger partial charge in [-0.15, -0.1) is 0 Å². The average molecular weight is 481 g/mol. The van der Waals surface area contributed by atoms with E-state index in [4.69, 9.17) is 9.47 Å². The molecule has 35 heavy (non-hydrogen) atoms. The average Bonchev–Trinajstić information content (AvgIpc) is 2.88. The molecule has 2 aromatic carbocycles. The zero-order valence-corrected chi connectivity index (χ0v) is 21.4. The Kier molecular flexibility index (Phi) is 9.23. The van der Waals surface area contributed by atoms with Crippen LogP contribution in [-0.2, 0) is 0 Å². The first-order valence-electron chi connectivity index (χ1n) is 13.7. The Hall–Kier alpha value is -2.36. The topological polar surface area (TPSA) is 35.5 Å². The van der Waals surface area contributed by atoms with Gasteiger partial charge in [0, 0.05) is 0 Å². The summed E-state index contributed by atoms with van der Waals surface area (Å²) in [5.41, 5.74) is 1.01. The van der Waals surface area contributed by atoms with Gasteiger partial charge in [-0.2, -0.15) is 0 Å². The predicted octanol–water partition coefficient (Wildman–Crippen LogP) is 8.71. The minimum Gasteiger partial charge on any atom is -0.497 e. The van der Waals surface area contributed by atoms with Crippen LogP contribution in [0.2, 0.25) is 0 Å². The van der Waals surface area contributed by atoms with Gasteiger partial charge in [0.1, 0.15) is 17.3 Å². The number of unbranched alkanes of at least 4 members (excludes halogenated alkanes) is 4. The fourth-order valence-electron chi connectivity index (χ4n) is 6.36. The van der Waals surface area contributed by atoms with Crippen molar-refractivity contribution >= 4 is 5.97 Å². The third-order valence-corrected chi connectivity index (χ3v) is 8.38. The predicted molar refractivity (Wildman–Crippen MR) is 139 cm³/mol. The zero-order chi connectivity index (χ0) is 24.6. The van der Waals surface area contributed by atoms with E-state index in [0.29, 0.717) is 11.5 Å². The smallest absolute Gasteiger partial charge is 0.343 e. The summed E-state index contributed by atoms with van der Waals surface area (Å²) in [4.78, 5) is 12.5. The van der Waals surface area contributed by atoms with Crippen molar-refractivity contribution in [3.63, 3.8) is 0 Å². The van der Waals surface area contributed by atoms with Crippen molar-refractivity contribution in [1.82, 2.24) is 0 Å². The molecular weight excluding hydrogens is 439 g/mol. The summed E-state index contributed by atoms with van der Waals surface area (Å²) < 4.78 is 25.6. The number of halogens is 1. The van der Waals surface area contributed by atoms with Crippen LogP contribution < -0.4 is 9.47 Å². The molecule has 0 heterocycles. The fraction of sp³-hybridized carbons (Fsp3) is 0.581. The van der Waals surface area contributed by atoms with Gasteiger partial charge in [-0.25, -0.2) is 9.18 Å². The number of benzene rings is 2. The maximum Gasteiger partial charge on any atom is 0.343 e. The van der Waals surface area contributed by atoms with E-state index in [9.17, 15) is 4.79 Å². The van der Waals surface area contributed by atoms with Crippen LogP contribution in [0.1, 0.15) is 106 Å². The van der Waals surface area contributed by atoms with Gasteiger partial charge in [0.2, 0.25) is 0 Å². The number of hydrogen-bond donors (Lipinski definition) is 0. The molecule has 2 aliphatic carbocycles. The molecule has 0 aliphatic heterocycles. The van der Waals surface area contributed by atoms with Gasteiger partial charge in [0.15, 0.2) is 0 Å². The highest BCUT2D eigenvalue weighted by atomic mass is 19.1. The van der Waals surface area contributed by atoms with Crippen LogP contribution in [0, 0.1) is 23.6 Å². The molecule has 1 unspecified atom stereocenters. The van der Waals surface area contributed by atoms with Crippen LogP contribution >= 0.6 is 0 Å².